The standard InChI is InChI=1S/C19H18BrNO4/c1-11(15-8-12-6-4-5-7-14(12)25-15)21-19(22)13-9-16(23-2)18(20)17(10-13)24-3/h4-11H,1-3H3,(H,21,22)/t11-/m0/s1. The van der Waals surface area contributed by atoms with E-state index in [1.807, 2.05) is 37.3 Å². The molecule has 6 heteroatoms. The molecule has 0 saturated heterocycles. The fraction of sp³-hybridized carbons (Fsp3) is 0.211. The van der Waals surface area contributed by atoms with E-state index in [0.29, 0.717) is 27.3 Å². The predicted octanol–water partition coefficient (Wildman–Crippen LogP) is 4.70. The molecule has 1 atom stereocenters. The molecule has 3 aromatic rings. The number of nitrogens with one attached hydrogen (secondary N) is 1. The van der Waals surface area contributed by atoms with Crippen molar-refractivity contribution in [1.29, 1.82) is 0 Å². The van der Waals surface area contributed by atoms with Gasteiger partial charge in [0, 0.05) is 10.9 Å². The highest BCUT2D eigenvalue weighted by Gasteiger charge is 2.18. The molecule has 2 aromatic carbocycles. The zero-order valence-electron chi connectivity index (χ0n) is 14.1. The van der Waals surface area contributed by atoms with Crippen LogP contribution in [0, 0.1) is 0 Å². The van der Waals surface area contributed by atoms with Crippen molar-refractivity contribution in [3.63, 3.8) is 0 Å². The number of amides is 1. The van der Waals surface area contributed by atoms with E-state index in [1.54, 1.807) is 12.1 Å². The number of carbonyl (C=O) groups is 1. The van der Waals surface area contributed by atoms with Gasteiger partial charge in [0.1, 0.15) is 27.3 Å². The van der Waals surface area contributed by atoms with Crippen molar-refractivity contribution in [3.8, 4) is 11.5 Å². The number of furan rings is 1. The van der Waals surface area contributed by atoms with E-state index in [9.17, 15) is 4.79 Å². The van der Waals surface area contributed by atoms with Gasteiger partial charge in [-0.05, 0) is 47.1 Å². The average Bonchev–Trinajstić information content (AvgIpc) is 3.06. The molecular formula is C19H18BrNO4. The van der Waals surface area contributed by atoms with Crippen LogP contribution in [0.3, 0.4) is 0 Å². The van der Waals surface area contributed by atoms with E-state index < -0.39 is 0 Å². The van der Waals surface area contributed by atoms with Gasteiger partial charge in [-0.3, -0.25) is 4.79 Å². The number of ether oxygens (including phenoxy) is 2. The number of benzene rings is 2. The number of hydrogen-bond acceptors (Lipinski definition) is 4. The van der Waals surface area contributed by atoms with Crippen LogP contribution in [0.5, 0.6) is 11.5 Å². The zero-order chi connectivity index (χ0) is 18.0. The van der Waals surface area contributed by atoms with Gasteiger partial charge in [-0.2, -0.15) is 0 Å². The smallest absolute Gasteiger partial charge is 0.252 e. The molecular weight excluding hydrogens is 386 g/mol. The number of rotatable bonds is 5. The van der Waals surface area contributed by atoms with Gasteiger partial charge in [-0.15, -0.1) is 0 Å². The second-order valence-corrected chi connectivity index (χ2v) is 6.37. The Labute approximate surface area is 154 Å². The summed E-state index contributed by atoms with van der Waals surface area (Å²) in [5.41, 5.74) is 1.24. The lowest BCUT2D eigenvalue weighted by Crippen LogP contribution is -2.26. The molecule has 0 saturated carbocycles. The Morgan fingerprint density at radius 3 is 2.36 bits per heavy atom. The van der Waals surface area contributed by atoms with Crippen molar-refractivity contribution < 1.29 is 18.7 Å². The summed E-state index contributed by atoms with van der Waals surface area (Å²) in [6.07, 6.45) is 0. The number of carbonyl (C=O) groups excluding carboxylic acids is 1. The highest BCUT2D eigenvalue weighted by Crippen LogP contribution is 2.35. The van der Waals surface area contributed by atoms with Crippen LogP contribution in [0.4, 0.5) is 0 Å². The maximum absolute atomic E-state index is 12.6. The third-order valence-electron chi connectivity index (χ3n) is 3.93. The van der Waals surface area contributed by atoms with Crippen molar-refractivity contribution in [2.24, 2.45) is 0 Å². The first-order valence-electron chi connectivity index (χ1n) is 7.74. The van der Waals surface area contributed by atoms with Crippen LogP contribution in [0.1, 0.15) is 29.1 Å². The van der Waals surface area contributed by atoms with Gasteiger partial charge in [0.05, 0.1) is 20.3 Å². The van der Waals surface area contributed by atoms with Gasteiger partial charge in [0.2, 0.25) is 0 Å². The molecule has 1 amide bonds. The van der Waals surface area contributed by atoms with Crippen molar-refractivity contribution in [2.75, 3.05) is 14.2 Å². The number of methoxy groups -OCH3 is 2. The van der Waals surface area contributed by atoms with Gasteiger partial charge >= 0.3 is 0 Å². The van der Waals surface area contributed by atoms with Crippen molar-refractivity contribution in [2.45, 2.75) is 13.0 Å². The minimum atomic E-state index is -0.277. The molecule has 0 aliphatic heterocycles. The van der Waals surface area contributed by atoms with Crippen LogP contribution < -0.4 is 14.8 Å². The van der Waals surface area contributed by atoms with Gasteiger partial charge < -0.3 is 19.2 Å². The predicted molar refractivity (Wildman–Crippen MR) is 99.3 cm³/mol. The monoisotopic (exact) mass is 403 g/mol. The molecule has 1 heterocycles. The minimum absolute atomic E-state index is 0.239. The molecule has 5 nitrogen and oxygen atoms in total. The van der Waals surface area contributed by atoms with E-state index in [-0.39, 0.29) is 11.9 Å². The molecule has 0 radical (unpaired) electrons. The Balaban J connectivity index is 1.83. The number of halogens is 1. The molecule has 3 rings (SSSR count). The molecule has 0 fully saturated rings. The summed E-state index contributed by atoms with van der Waals surface area (Å²) in [6, 6.07) is 12.7. The van der Waals surface area contributed by atoms with Crippen molar-refractivity contribution >= 4 is 32.8 Å². The van der Waals surface area contributed by atoms with Crippen LogP contribution in [-0.4, -0.2) is 20.1 Å². The summed E-state index contributed by atoms with van der Waals surface area (Å²) < 4.78 is 17.0. The summed E-state index contributed by atoms with van der Waals surface area (Å²) in [5.74, 6) is 1.52. The van der Waals surface area contributed by atoms with Crippen LogP contribution in [0.25, 0.3) is 11.0 Å². The molecule has 130 valence electrons. The van der Waals surface area contributed by atoms with E-state index in [2.05, 4.69) is 21.2 Å². The van der Waals surface area contributed by atoms with E-state index in [4.69, 9.17) is 13.9 Å². The summed E-state index contributed by atoms with van der Waals surface area (Å²) in [6.45, 7) is 1.88. The molecule has 0 spiro atoms. The first-order valence-corrected chi connectivity index (χ1v) is 8.53. The fourth-order valence-electron chi connectivity index (χ4n) is 2.57. The van der Waals surface area contributed by atoms with Gasteiger partial charge in [-0.1, -0.05) is 18.2 Å². The summed E-state index contributed by atoms with van der Waals surface area (Å²) in [4.78, 5) is 12.6. The van der Waals surface area contributed by atoms with Crippen molar-refractivity contribution in [1.82, 2.24) is 5.32 Å². The van der Waals surface area contributed by atoms with Crippen LogP contribution >= 0.6 is 15.9 Å². The maximum Gasteiger partial charge on any atom is 0.252 e. The first kappa shape index (κ1) is 17.4. The van der Waals surface area contributed by atoms with Gasteiger partial charge in [-0.25, -0.2) is 0 Å². The minimum Gasteiger partial charge on any atom is -0.495 e. The molecule has 1 aromatic heterocycles. The summed E-state index contributed by atoms with van der Waals surface area (Å²) in [5, 5.41) is 3.94. The Hall–Kier alpha value is -2.47. The normalized spacial score (nSPS) is 12.0. The fourth-order valence-corrected chi connectivity index (χ4v) is 3.12. The van der Waals surface area contributed by atoms with Gasteiger partial charge in [0.25, 0.3) is 5.91 Å². The third-order valence-corrected chi connectivity index (χ3v) is 4.71. The lowest BCUT2D eigenvalue weighted by atomic mass is 10.1. The second kappa shape index (κ2) is 7.19. The van der Waals surface area contributed by atoms with Crippen molar-refractivity contribution in [3.05, 3.63) is 58.3 Å². The quantitative estimate of drug-likeness (QED) is 0.670. The van der Waals surface area contributed by atoms with Crippen LogP contribution in [-0.2, 0) is 0 Å². The molecule has 0 unspecified atom stereocenters. The largest absolute Gasteiger partial charge is 0.495 e. The molecule has 1 N–H and O–H groups in total. The molecule has 0 aliphatic rings. The molecule has 0 bridgehead atoms. The Bertz CT molecular complexity index is 861. The third kappa shape index (κ3) is 3.49. The van der Waals surface area contributed by atoms with E-state index in [1.165, 1.54) is 14.2 Å². The first-order chi connectivity index (χ1) is 12.0. The lowest BCUT2D eigenvalue weighted by Gasteiger charge is -2.14. The summed E-state index contributed by atoms with van der Waals surface area (Å²) >= 11 is 3.40. The van der Waals surface area contributed by atoms with Crippen LogP contribution in [0.15, 0.2) is 51.4 Å². The van der Waals surface area contributed by atoms with E-state index in [0.717, 1.165) is 11.0 Å². The average molecular weight is 404 g/mol. The highest BCUT2D eigenvalue weighted by molar-refractivity contribution is 9.10. The topological polar surface area (TPSA) is 60.7 Å². The Kier molecular flexibility index (Phi) is 4.99. The SMILES string of the molecule is COc1cc(C(=O)N[C@@H](C)c2cc3ccccc3o2)cc(OC)c1Br. The van der Waals surface area contributed by atoms with Gasteiger partial charge in [0.15, 0.2) is 0 Å². The Morgan fingerprint density at radius 1 is 1.12 bits per heavy atom. The lowest BCUT2D eigenvalue weighted by molar-refractivity contribution is 0.0935. The second-order valence-electron chi connectivity index (χ2n) is 5.58. The maximum atomic E-state index is 12.6. The van der Waals surface area contributed by atoms with Crippen LogP contribution in [0.2, 0.25) is 0 Å². The molecule has 0 aliphatic carbocycles. The number of hydrogen-bond donors (Lipinski definition) is 1. The summed E-state index contributed by atoms with van der Waals surface area (Å²) in [7, 11) is 3.08. The van der Waals surface area contributed by atoms with E-state index >= 15 is 0 Å². The zero-order valence-corrected chi connectivity index (χ0v) is 15.7. The Morgan fingerprint density at radius 2 is 1.76 bits per heavy atom. The highest BCUT2D eigenvalue weighted by atomic mass is 79.9. The molecule has 25 heavy (non-hydrogen) atoms. The number of para-hydroxylation sites is 1. The number of fused-ring (bicyclic) bond motifs is 1.